The van der Waals surface area contributed by atoms with Gasteiger partial charge >= 0.3 is 0 Å². The number of ether oxygens (including phenoxy) is 2. The minimum Gasteiger partial charge on any atom is -0.394 e. The smallest absolute Gasteiger partial charge is 0.0755 e. The summed E-state index contributed by atoms with van der Waals surface area (Å²) in [6.45, 7) is 6.67. The Kier molecular flexibility index (Phi) is 6.45. The van der Waals surface area contributed by atoms with E-state index in [9.17, 15) is 5.11 Å². The molecule has 2 rings (SSSR count). The van der Waals surface area contributed by atoms with Gasteiger partial charge < -0.3 is 24.8 Å². The Balaban J connectivity index is 2.13. The highest BCUT2D eigenvalue weighted by molar-refractivity contribution is 5.56. The van der Waals surface area contributed by atoms with Crippen LogP contribution in [-0.2, 0) is 16.0 Å². The van der Waals surface area contributed by atoms with Gasteiger partial charge in [0.25, 0.3) is 0 Å². The number of hydrogen-bond donors (Lipinski definition) is 2. The molecular formula is C16H26N2O3. The number of rotatable bonds is 7. The third-order valence-electron chi connectivity index (χ3n) is 3.78. The second-order valence-electron chi connectivity index (χ2n) is 5.41. The lowest BCUT2D eigenvalue weighted by atomic mass is 10.1. The number of morpholine rings is 1. The zero-order valence-electron chi connectivity index (χ0n) is 13.0. The van der Waals surface area contributed by atoms with E-state index in [1.54, 1.807) is 7.11 Å². The Morgan fingerprint density at radius 2 is 2.33 bits per heavy atom. The lowest BCUT2D eigenvalue weighted by Crippen LogP contribution is -2.48. The summed E-state index contributed by atoms with van der Waals surface area (Å²) in [5, 5.41) is 13.0. The molecule has 1 heterocycles. The van der Waals surface area contributed by atoms with Crippen molar-refractivity contribution in [1.82, 2.24) is 5.32 Å². The monoisotopic (exact) mass is 294 g/mol. The van der Waals surface area contributed by atoms with Gasteiger partial charge in [-0.2, -0.15) is 0 Å². The highest BCUT2D eigenvalue weighted by Crippen LogP contribution is 2.25. The Morgan fingerprint density at radius 3 is 3.10 bits per heavy atom. The zero-order valence-corrected chi connectivity index (χ0v) is 13.0. The summed E-state index contributed by atoms with van der Waals surface area (Å²) in [6.07, 6.45) is 0. The fraction of sp³-hybridized carbons (Fsp3) is 0.625. The second-order valence-corrected chi connectivity index (χ2v) is 5.41. The zero-order chi connectivity index (χ0) is 15.1. The summed E-state index contributed by atoms with van der Waals surface area (Å²) in [4.78, 5) is 2.26. The highest BCUT2D eigenvalue weighted by Gasteiger charge is 2.24. The Bertz CT molecular complexity index is 440. The number of aliphatic hydroxyl groups is 1. The summed E-state index contributed by atoms with van der Waals surface area (Å²) in [7, 11) is 1.71. The van der Waals surface area contributed by atoms with Crippen molar-refractivity contribution in [2.75, 3.05) is 51.5 Å². The normalized spacial score (nSPS) is 19.0. The van der Waals surface area contributed by atoms with E-state index in [0.717, 1.165) is 19.6 Å². The fourth-order valence-corrected chi connectivity index (χ4v) is 2.66. The van der Waals surface area contributed by atoms with Crippen LogP contribution in [0.25, 0.3) is 0 Å². The minimum absolute atomic E-state index is 0.0409. The first-order valence-electron chi connectivity index (χ1n) is 7.50. The van der Waals surface area contributed by atoms with Gasteiger partial charge in [-0.25, -0.2) is 0 Å². The average molecular weight is 294 g/mol. The lowest BCUT2D eigenvalue weighted by Gasteiger charge is -2.37. The van der Waals surface area contributed by atoms with Crippen LogP contribution in [-0.4, -0.2) is 57.8 Å². The van der Waals surface area contributed by atoms with Crippen molar-refractivity contribution in [2.45, 2.75) is 19.5 Å². The number of nitrogens with zero attached hydrogens (tertiary/aromatic N) is 1. The first-order chi connectivity index (χ1) is 10.3. The molecule has 1 aliphatic rings. The van der Waals surface area contributed by atoms with E-state index in [-0.39, 0.29) is 12.6 Å². The first kappa shape index (κ1) is 16.2. The molecule has 1 aromatic rings. The van der Waals surface area contributed by atoms with Crippen LogP contribution in [0.1, 0.15) is 11.1 Å². The molecule has 0 aliphatic carbocycles. The number of aryl methyl sites for hydroxylation is 1. The minimum atomic E-state index is 0.0409. The van der Waals surface area contributed by atoms with Crippen molar-refractivity contribution >= 4 is 5.69 Å². The summed E-state index contributed by atoms with van der Waals surface area (Å²) >= 11 is 0. The quantitative estimate of drug-likeness (QED) is 0.733. The van der Waals surface area contributed by atoms with Crippen LogP contribution in [0, 0.1) is 6.92 Å². The molecule has 0 aromatic heterocycles. The third-order valence-corrected chi connectivity index (χ3v) is 3.78. The van der Waals surface area contributed by atoms with Gasteiger partial charge in [-0.15, -0.1) is 0 Å². The molecule has 2 N–H and O–H groups in total. The summed E-state index contributed by atoms with van der Waals surface area (Å²) in [5.41, 5.74) is 3.69. The molecule has 1 aliphatic heterocycles. The molecule has 0 bridgehead atoms. The Morgan fingerprint density at radius 1 is 1.48 bits per heavy atom. The van der Waals surface area contributed by atoms with Crippen LogP contribution < -0.4 is 10.2 Å². The van der Waals surface area contributed by atoms with Gasteiger partial charge in [0, 0.05) is 32.4 Å². The third kappa shape index (κ3) is 4.41. The van der Waals surface area contributed by atoms with E-state index < -0.39 is 0 Å². The van der Waals surface area contributed by atoms with Gasteiger partial charge in [-0.3, -0.25) is 0 Å². The predicted octanol–water partition coefficient (Wildman–Crippen LogP) is 0.929. The number of benzene rings is 1. The van der Waals surface area contributed by atoms with Gasteiger partial charge in [0.15, 0.2) is 0 Å². The van der Waals surface area contributed by atoms with Gasteiger partial charge in [0.1, 0.15) is 0 Å². The van der Waals surface area contributed by atoms with Crippen LogP contribution in [0.4, 0.5) is 5.69 Å². The molecule has 5 heteroatoms. The van der Waals surface area contributed by atoms with Crippen molar-refractivity contribution in [1.29, 1.82) is 0 Å². The van der Waals surface area contributed by atoms with Crippen molar-refractivity contribution in [3.8, 4) is 0 Å². The molecule has 0 spiro atoms. The predicted molar refractivity (Wildman–Crippen MR) is 83.8 cm³/mol. The highest BCUT2D eigenvalue weighted by atomic mass is 16.5. The van der Waals surface area contributed by atoms with Crippen LogP contribution >= 0.6 is 0 Å². The lowest BCUT2D eigenvalue weighted by molar-refractivity contribution is 0.0726. The van der Waals surface area contributed by atoms with Crippen molar-refractivity contribution < 1.29 is 14.6 Å². The Labute approximate surface area is 126 Å². The number of nitrogens with one attached hydrogen (secondary N) is 1. The fourth-order valence-electron chi connectivity index (χ4n) is 2.66. The van der Waals surface area contributed by atoms with Crippen LogP contribution in [0.15, 0.2) is 18.2 Å². The van der Waals surface area contributed by atoms with Gasteiger partial charge in [0.2, 0.25) is 0 Å². The number of hydrogen-bond acceptors (Lipinski definition) is 5. The maximum Gasteiger partial charge on any atom is 0.0755 e. The van der Waals surface area contributed by atoms with E-state index in [4.69, 9.17) is 9.47 Å². The van der Waals surface area contributed by atoms with E-state index in [2.05, 4.69) is 35.3 Å². The summed E-state index contributed by atoms with van der Waals surface area (Å²) < 4.78 is 10.5. The van der Waals surface area contributed by atoms with E-state index >= 15 is 0 Å². The molecule has 1 unspecified atom stereocenters. The van der Waals surface area contributed by atoms with Crippen molar-refractivity contribution in [2.24, 2.45) is 0 Å². The van der Waals surface area contributed by atoms with Gasteiger partial charge in [-0.1, -0.05) is 17.7 Å². The molecule has 0 amide bonds. The van der Waals surface area contributed by atoms with Gasteiger partial charge in [0.05, 0.1) is 32.5 Å². The topological polar surface area (TPSA) is 54.0 Å². The van der Waals surface area contributed by atoms with Crippen molar-refractivity contribution in [3.63, 3.8) is 0 Å². The number of methoxy groups -OCH3 is 1. The van der Waals surface area contributed by atoms with E-state index in [1.807, 2.05) is 0 Å². The maximum absolute atomic E-state index is 9.56. The molecule has 0 saturated carbocycles. The second kappa shape index (κ2) is 8.34. The van der Waals surface area contributed by atoms with Crippen LogP contribution in [0.2, 0.25) is 0 Å². The van der Waals surface area contributed by atoms with Crippen LogP contribution in [0.5, 0.6) is 0 Å². The van der Waals surface area contributed by atoms with E-state index in [0.29, 0.717) is 19.8 Å². The number of anilines is 1. The molecule has 21 heavy (non-hydrogen) atoms. The van der Waals surface area contributed by atoms with E-state index in [1.165, 1.54) is 16.8 Å². The largest absolute Gasteiger partial charge is 0.394 e. The molecule has 118 valence electrons. The maximum atomic E-state index is 9.56. The molecule has 1 saturated heterocycles. The molecule has 1 atom stereocenters. The summed E-state index contributed by atoms with van der Waals surface area (Å²) in [6, 6.07) is 6.52. The SMILES string of the molecule is COCCNCc1cc(C)ccc1N1CCOCC1CO. The summed E-state index contributed by atoms with van der Waals surface area (Å²) in [5.74, 6) is 0. The standard InChI is InChI=1S/C16H26N2O3/c1-13-3-4-16(14(9-13)10-17-5-7-20-2)18-6-8-21-12-15(18)11-19/h3-4,9,15,17,19H,5-8,10-12H2,1-2H3. The van der Waals surface area contributed by atoms with Crippen molar-refractivity contribution in [3.05, 3.63) is 29.3 Å². The molecule has 0 radical (unpaired) electrons. The van der Waals surface area contributed by atoms with Gasteiger partial charge in [-0.05, 0) is 18.6 Å². The molecule has 1 aromatic carbocycles. The number of aliphatic hydroxyl groups excluding tert-OH is 1. The Hall–Kier alpha value is -1.14. The van der Waals surface area contributed by atoms with Crippen LogP contribution in [0.3, 0.4) is 0 Å². The first-order valence-corrected chi connectivity index (χ1v) is 7.50. The molecule has 1 fully saturated rings. The molecular weight excluding hydrogens is 268 g/mol. The molecule has 5 nitrogen and oxygen atoms in total. The average Bonchev–Trinajstić information content (AvgIpc) is 2.52.